The van der Waals surface area contributed by atoms with Gasteiger partial charge < -0.3 is 10.2 Å². The summed E-state index contributed by atoms with van der Waals surface area (Å²) in [6.45, 7) is 1.46. The van der Waals surface area contributed by atoms with Gasteiger partial charge in [-0.25, -0.2) is 0 Å². The molecule has 1 fully saturated rings. The quantitative estimate of drug-likeness (QED) is 0.483. The van der Waals surface area contributed by atoms with Crippen LogP contribution in [0.4, 0.5) is 0 Å². The monoisotopic (exact) mass is 472 g/mol. The molecule has 174 valence electrons. The maximum absolute atomic E-state index is 14.0. The van der Waals surface area contributed by atoms with Gasteiger partial charge in [-0.2, -0.15) is 0 Å². The summed E-state index contributed by atoms with van der Waals surface area (Å²) in [5.41, 5.74) is 2.34. The standard InChI is InChI=1S/C28H29ClN4O/c29-25-10-8-24(9-11-25)26-28(18-22-4-2-1-3-5-22,32-20-33(26)19-23-6-7-23)27(34)31-17-14-21-12-15-30-16-13-21/h1-5,8-13,15-16,20,23,26H,6-7,14,17-19H2,(H,31,34)/t26-,28+/m0/s1. The summed E-state index contributed by atoms with van der Waals surface area (Å²) in [4.78, 5) is 25.3. The van der Waals surface area contributed by atoms with Crippen LogP contribution in [-0.2, 0) is 17.6 Å². The van der Waals surface area contributed by atoms with E-state index in [2.05, 4.69) is 27.3 Å². The number of amides is 1. The number of hydrogen-bond donors (Lipinski definition) is 1. The van der Waals surface area contributed by atoms with Gasteiger partial charge in [0.2, 0.25) is 0 Å². The van der Waals surface area contributed by atoms with Gasteiger partial charge in [0.1, 0.15) is 0 Å². The lowest BCUT2D eigenvalue weighted by molar-refractivity contribution is -0.127. The molecule has 1 aliphatic carbocycles. The molecule has 1 saturated carbocycles. The van der Waals surface area contributed by atoms with Crippen molar-refractivity contribution in [2.45, 2.75) is 37.3 Å². The van der Waals surface area contributed by atoms with Gasteiger partial charge in [0, 0.05) is 36.9 Å². The fourth-order valence-corrected chi connectivity index (χ4v) is 4.91. The summed E-state index contributed by atoms with van der Waals surface area (Å²) in [7, 11) is 0. The van der Waals surface area contributed by atoms with Crippen LogP contribution in [0.15, 0.2) is 84.1 Å². The van der Waals surface area contributed by atoms with Crippen molar-refractivity contribution in [3.05, 3.63) is 101 Å². The Bertz CT molecular complexity index is 1130. The van der Waals surface area contributed by atoms with Crippen LogP contribution in [0.3, 0.4) is 0 Å². The number of carbonyl (C=O) groups is 1. The minimum atomic E-state index is -0.956. The highest BCUT2D eigenvalue weighted by Crippen LogP contribution is 2.43. The Balaban J connectivity index is 1.46. The molecule has 2 aromatic carbocycles. The molecule has 5 rings (SSSR count). The topological polar surface area (TPSA) is 57.6 Å². The van der Waals surface area contributed by atoms with Crippen molar-refractivity contribution >= 4 is 23.8 Å². The number of rotatable bonds is 9. The first kappa shape index (κ1) is 22.6. The van der Waals surface area contributed by atoms with Gasteiger partial charge >= 0.3 is 0 Å². The molecule has 0 bridgehead atoms. The first-order valence-corrected chi connectivity index (χ1v) is 12.3. The molecule has 0 saturated heterocycles. The molecule has 5 nitrogen and oxygen atoms in total. The van der Waals surface area contributed by atoms with Gasteiger partial charge in [-0.3, -0.25) is 14.8 Å². The lowest BCUT2D eigenvalue weighted by atomic mass is 9.79. The van der Waals surface area contributed by atoms with Gasteiger partial charge in [0.05, 0.1) is 12.4 Å². The van der Waals surface area contributed by atoms with E-state index in [1.165, 1.54) is 12.8 Å². The molecule has 0 spiro atoms. The minimum absolute atomic E-state index is 0.0418. The van der Waals surface area contributed by atoms with Crippen molar-refractivity contribution in [3.63, 3.8) is 0 Å². The number of nitrogens with one attached hydrogen (secondary N) is 1. The van der Waals surface area contributed by atoms with Crippen LogP contribution >= 0.6 is 11.6 Å². The Labute approximate surface area is 205 Å². The molecule has 2 heterocycles. The summed E-state index contributed by atoms with van der Waals surface area (Å²) in [6, 6.07) is 21.8. The number of pyridine rings is 1. The van der Waals surface area contributed by atoms with Crippen molar-refractivity contribution in [2.24, 2.45) is 10.9 Å². The van der Waals surface area contributed by atoms with Crippen LogP contribution in [0.5, 0.6) is 0 Å². The fraction of sp³-hybridized carbons (Fsp3) is 0.321. The molecule has 1 aliphatic heterocycles. The van der Waals surface area contributed by atoms with Crippen molar-refractivity contribution in [2.75, 3.05) is 13.1 Å². The van der Waals surface area contributed by atoms with Crippen molar-refractivity contribution < 1.29 is 4.79 Å². The Morgan fingerprint density at radius 1 is 1.00 bits per heavy atom. The summed E-state index contributed by atoms with van der Waals surface area (Å²) in [6.07, 6.45) is 9.21. The zero-order chi connectivity index (χ0) is 23.4. The second-order valence-electron chi connectivity index (χ2n) is 9.29. The van der Waals surface area contributed by atoms with E-state index in [9.17, 15) is 4.79 Å². The van der Waals surface area contributed by atoms with E-state index < -0.39 is 5.54 Å². The van der Waals surface area contributed by atoms with E-state index in [0.29, 0.717) is 23.9 Å². The van der Waals surface area contributed by atoms with Crippen LogP contribution in [0, 0.1) is 5.92 Å². The van der Waals surface area contributed by atoms with E-state index in [1.54, 1.807) is 12.4 Å². The molecular weight excluding hydrogens is 444 g/mol. The first-order chi connectivity index (χ1) is 16.6. The number of halogens is 1. The molecule has 6 heteroatoms. The molecule has 1 aromatic heterocycles. The van der Waals surface area contributed by atoms with Gasteiger partial charge in [0.15, 0.2) is 5.54 Å². The Morgan fingerprint density at radius 3 is 2.44 bits per heavy atom. The smallest absolute Gasteiger partial charge is 0.250 e. The molecule has 2 aliphatic rings. The summed E-state index contributed by atoms with van der Waals surface area (Å²) in [5, 5.41) is 3.90. The zero-order valence-electron chi connectivity index (χ0n) is 19.1. The summed E-state index contributed by atoms with van der Waals surface area (Å²) in [5.74, 6) is 0.628. The average Bonchev–Trinajstić information content (AvgIpc) is 3.61. The lowest BCUT2D eigenvalue weighted by Gasteiger charge is -2.37. The van der Waals surface area contributed by atoms with E-state index in [-0.39, 0.29) is 11.9 Å². The molecule has 34 heavy (non-hydrogen) atoms. The third kappa shape index (κ3) is 5.00. The molecule has 3 aromatic rings. The molecule has 1 amide bonds. The second-order valence-corrected chi connectivity index (χ2v) is 9.72. The Kier molecular flexibility index (Phi) is 6.63. The van der Waals surface area contributed by atoms with E-state index in [4.69, 9.17) is 16.6 Å². The van der Waals surface area contributed by atoms with Crippen molar-refractivity contribution in [3.8, 4) is 0 Å². The predicted molar refractivity (Wildman–Crippen MR) is 136 cm³/mol. The number of carbonyl (C=O) groups excluding carboxylic acids is 1. The molecular formula is C28H29ClN4O. The van der Waals surface area contributed by atoms with Crippen LogP contribution in [0.1, 0.15) is 35.6 Å². The second kappa shape index (κ2) is 9.98. The Morgan fingerprint density at radius 2 is 1.74 bits per heavy atom. The summed E-state index contributed by atoms with van der Waals surface area (Å²) >= 11 is 6.21. The van der Waals surface area contributed by atoms with E-state index >= 15 is 0 Å². The summed E-state index contributed by atoms with van der Waals surface area (Å²) < 4.78 is 0. The highest BCUT2D eigenvalue weighted by molar-refractivity contribution is 6.30. The van der Waals surface area contributed by atoms with E-state index in [1.807, 2.05) is 60.9 Å². The van der Waals surface area contributed by atoms with Gasteiger partial charge in [-0.05, 0) is 66.1 Å². The van der Waals surface area contributed by atoms with Crippen LogP contribution in [0.25, 0.3) is 0 Å². The van der Waals surface area contributed by atoms with Crippen molar-refractivity contribution in [1.82, 2.24) is 15.2 Å². The number of aliphatic imine (C=N–C) groups is 1. The van der Waals surface area contributed by atoms with Crippen LogP contribution < -0.4 is 5.32 Å². The number of nitrogens with zero attached hydrogens (tertiary/aromatic N) is 3. The van der Waals surface area contributed by atoms with Gasteiger partial charge in [-0.15, -0.1) is 0 Å². The normalized spacial score (nSPS) is 21.6. The number of aromatic nitrogens is 1. The van der Waals surface area contributed by atoms with Gasteiger partial charge in [0.25, 0.3) is 5.91 Å². The lowest BCUT2D eigenvalue weighted by Crippen LogP contribution is -2.52. The highest BCUT2D eigenvalue weighted by Gasteiger charge is 2.52. The molecule has 1 N–H and O–H groups in total. The molecule has 0 unspecified atom stereocenters. The number of hydrogen-bond acceptors (Lipinski definition) is 4. The predicted octanol–water partition coefficient (Wildman–Crippen LogP) is 4.87. The maximum atomic E-state index is 14.0. The highest BCUT2D eigenvalue weighted by atomic mass is 35.5. The fourth-order valence-electron chi connectivity index (χ4n) is 4.79. The van der Waals surface area contributed by atoms with Gasteiger partial charge in [-0.1, -0.05) is 54.1 Å². The Hall–Kier alpha value is -3.18. The average molecular weight is 473 g/mol. The molecule has 2 atom stereocenters. The number of benzene rings is 2. The van der Waals surface area contributed by atoms with Crippen molar-refractivity contribution in [1.29, 1.82) is 0 Å². The van der Waals surface area contributed by atoms with Crippen LogP contribution in [-0.4, -0.2) is 40.8 Å². The zero-order valence-corrected chi connectivity index (χ0v) is 19.9. The third-order valence-electron chi connectivity index (χ3n) is 6.73. The van der Waals surface area contributed by atoms with Crippen LogP contribution in [0.2, 0.25) is 5.02 Å². The first-order valence-electron chi connectivity index (χ1n) is 11.9. The third-order valence-corrected chi connectivity index (χ3v) is 6.98. The SMILES string of the molecule is O=C(NCCc1ccncc1)[C@]1(Cc2ccccc2)N=CN(CC2CC2)[C@H]1c1ccc(Cl)cc1. The largest absolute Gasteiger partial charge is 0.354 e. The molecule has 0 radical (unpaired) electrons. The van der Waals surface area contributed by atoms with E-state index in [0.717, 1.165) is 29.7 Å². The minimum Gasteiger partial charge on any atom is -0.354 e. The maximum Gasteiger partial charge on any atom is 0.250 e.